The summed E-state index contributed by atoms with van der Waals surface area (Å²) in [5, 5.41) is 3.40. The minimum atomic E-state index is 0.589. The highest BCUT2D eigenvalue weighted by atomic mass is 16.5. The summed E-state index contributed by atoms with van der Waals surface area (Å²) in [6.45, 7) is 1.50. The van der Waals surface area contributed by atoms with Gasteiger partial charge in [-0.25, -0.2) is 0 Å². The van der Waals surface area contributed by atoms with E-state index in [1.807, 2.05) is 12.1 Å². The van der Waals surface area contributed by atoms with Gasteiger partial charge in [0.15, 0.2) is 0 Å². The van der Waals surface area contributed by atoms with Gasteiger partial charge in [-0.15, -0.1) is 0 Å². The Morgan fingerprint density at radius 2 is 1.58 bits per heavy atom. The maximum atomic E-state index is 5.57. The average Bonchev–Trinajstić information content (AvgIpc) is 2.49. The van der Waals surface area contributed by atoms with E-state index in [0.717, 1.165) is 30.0 Å². The Bertz CT molecular complexity index is 444. The van der Waals surface area contributed by atoms with Gasteiger partial charge in [0.1, 0.15) is 5.75 Å². The van der Waals surface area contributed by atoms with Crippen molar-refractivity contribution in [3.8, 4) is 5.75 Å². The van der Waals surface area contributed by atoms with Crippen LogP contribution in [0.3, 0.4) is 0 Å². The first-order chi connectivity index (χ1) is 9.31. The van der Waals surface area contributed by atoms with Crippen LogP contribution in [0.2, 0.25) is 0 Å². The van der Waals surface area contributed by atoms with Crippen molar-refractivity contribution in [3.63, 3.8) is 0 Å². The van der Waals surface area contributed by atoms with Crippen molar-refractivity contribution < 1.29 is 4.74 Å². The normalized spacial score (nSPS) is 10.2. The van der Waals surface area contributed by atoms with E-state index >= 15 is 0 Å². The first kappa shape index (κ1) is 13.4. The van der Waals surface area contributed by atoms with Crippen LogP contribution in [0.15, 0.2) is 48.5 Å². The van der Waals surface area contributed by atoms with Gasteiger partial charge in [-0.3, -0.25) is 0 Å². The van der Waals surface area contributed by atoms with E-state index in [1.54, 1.807) is 7.11 Å². The predicted octanol–water partition coefficient (Wildman–Crippen LogP) is 2.81. The van der Waals surface area contributed by atoms with E-state index in [2.05, 4.69) is 41.7 Å². The largest absolute Gasteiger partial charge is 0.497 e. The molecule has 0 fully saturated rings. The molecule has 2 aromatic carbocycles. The molecule has 0 spiro atoms. The van der Waals surface area contributed by atoms with Crippen molar-refractivity contribution in [1.29, 1.82) is 0 Å². The first-order valence-corrected chi connectivity index (χ1v) is 6.47. The lowest BCUT2D eigenvalue weighted by Crippen LogP contribution is -2.05. The summed E-state index contributed by atoms with van der Waals surface area (Å²) in [5.41, 5.74) is 9.15. The second kappa shape index (κ2) is 6.81. The summed E-state index contributed by atoms with van der Waals surface area (Å²) < 4.78 is 5.14. The fourth-order valence-corrected chi connectivity index (χ4v) is 1.90. The highest BCUT2D eigenvalue weighted by Crippen LogP contribution is 2.13. The lowest BCUT2D eigenvalue weighted by atomic mass is 10.1. The van der Waals surface area contributed by atoms with Gasteiger partial charge in [0.05, 0.1) is 7.11 Å². The van der Waals surface area contributed by atoms with Crippen LogP contribution in [0.1, 0.15) is 11.1 Å². The molecule has 0 atom stereocenters. The molecule has 2 aromatic rings. The van der Waals surface area contributed by atoms with Crippen molar-refractivity contribution in [3.05, 3.63) is 59.7 Å². The molecule has 0 aliphatic carbocycles. The fraction of sp³-hybridized carbons (Fsp3) is 0.250. The zero-order chi connectivity index (χ0) is 13.5. The monoisotopic (exact) mass is 256 g/mol. The van der Waals surface area contributed by atoms with Gasteiger partial charge in [-0.1, -0.05) is 24.3 Å². The van der Waals surface area contributed by atoms with Gasteiger partial charge in [-0.2, -0.15) is 0 Å². The summed E-state index contributed by atoms with van der Waals surface area (Å²) in [5.74, 6) is 0.897. The van der Waals surface area contributed by atoms with E-state index in [-0.39, 0.29) is 0 Å². The second-order valence-corrected chi connectivity index (χ2v) is 4.43. The van der Waals surface area contributed by atoms with E-state index in [1.165, 1.54) is 5.56 Å². The van der Waals surface area contributed by atoms with Gasteiger partial charge >= 0.3 is 0 Å². The first-order valence-electron chi connectivity index (χ1n) is 6.47. The number of hydrogen-bond acceptors (Lipinski definition) is 3. The number of anilines is 1. The van der Waals surface area contributed by atoms with Crippen LogP contribution in [0.4, 0.5) is 5.69 Å². The number of ether oxygens (including phenoxy) is 1. The summed E-state index contributed by atoms with van der Waals surface area (Å²) in [6, 6.07) is 16.4. The number of rotatable bonds is 6. The zero-order valence-corrected chi connectivity index (χ0v) is 11.2. The van der Waals surface area contributed by atoms with E-state index < -0.39 is 0 Å². The molecule has 3 N–H and O–H groups in total. The molecule has 0 saturated carbocycles. The third kappa shape index (κ3) is 4.00. The molecule has 100 valence electrons. The standard InChI is InChI=1S/C16H20N2O/c1-19-16-8-4-13(5-9-16)10-11-18-15-6-2-14(12-17)3-7-15/h2-9,18H,10-12,17H2,1H3. The van der Waals surface area contributed by atoms with Crippen LogP contribution in [0.25, 0.3) is 0 Å². The van der Waals surface area contributed by atoms with Crippen molar-refractivity contribution in [2.45, 2.75) is 13.0 Å². The van der Waals surface area contributed by atoms with Crippen molar-refractivity contribution >= 4 is 5.69 Å². The smallest absolute Gasteiger partial charge is 0.118 e. The maximum Gasteiger partial charge on any atom is 0.118 e. The quantitative estimate of drug-likeness (QED) is 0.835. The Kier molecular flexibility index (Phi) is 4.81. The van der Waals surface area contributed by atoms with Crippen LogP contribution in [-0.2, 0) is 13.0 Å². The summed E-state index contributed by atoms with van der Waals surface area (Å²) >= 11 is 0. The molecule has 3 nitrogen and oxygen atoms in total. The van der Waals surface area contributed by atoms with Crippen molar-refractivity contribution in [1.82, 2.24) is 0 Å². The van der Waals surface area contributed by atoms with Gasteiger partial charge in [0, 0.05) is 18.8 Å². The fourth-order valence-electron chi connectivity index (χ4n) is 1.90. The van der Waals surface area contributed by atoms with Gasteiger partial charge < -0.3 is 15.8 Å². The lowest BCUT2D eigenvalue weighted by Gasteiger charge is -2.07. The van der Waals surface area contributed by atoms with Gasteiger partial charge in [0.2, 0.25) is 0 Å². The SMILES string of the molecule is COc1ccc(CCNc2ccc(CN)cc2)cc1. The molecule has 0 aliphatic rings. The third-order valence-electron chi connectivity index (χ3n) is 3.09. The minimum absolute atomic E-state index is 0.589. The number of benzene rings is 2. The Hall–Kier alpha value is -2.00. The molecule has 0 saturated heterocycles. The van der Waals surface area contributed by atoms with E-state index in [0.29, 0.717) is 6.54 Å². The van der Waals surface area contributed by atoms with Crippen molar-refractivity contribution in [2.75, 3.05) is 19.0 Å². The number of methoxy groups -OCH3 is 1. The van der Waals surface area contributed by atoms with E-state index in [9.17, 15) is 0 Å². The molecule has 0 heterocycles. The van der Waals surface area contributed by atoms with Crippen LogP contribution in [-0.4, -0.2) is 13.7 Å². The predicted molar refractivity (Wildman–Crippen MR) is 79.5 cm³/mol. The number of nitrogens with two attached hydrogens (primary N) is 1. The Balaban J connectivity index is 1.81. The number of nitrogens with one attached hydrogen (secondary N) is 1. The topological polar surface area (TPSA) is 47.3 Å². The van der Waals surface area contributed by atoms with Crippen LogP contribution >= 0.6 is 0 Å². The van der Waals surface area contributed by atoms with Crippen LogP contribution in [0, 0.1) is 0 Å². The number of hydrogen-bond donors (Lipinski definition) is 2. The molecular formula is C16H20N2O. The van der Waals surface area contributed by atoms with Crippen LogP contribution < -0.4 is 15.8 Å². The van der Waals surface area contributed by atoms with Crippen LogP contribution in [0.5, 0.6) is 5.75 Å². The minimum Gasteiger partial charge on any atom is -0.497 e. The second-order valence-electron chi connectivity index (χ2n) is 4.43. The summed E-state index contributed by atoms with van der Waals surface area (Å²) in [6.07, 6.45) is 0.989. The molecule has 0 bridgehead atoms. The Morgan fingerprint density at radius 1 is 0.947 bits per heavy atom. The molecule has 2 rings (SSSR count). The highest BCUT2D eigenvalue weighted by molar-refractivity contribution is 5.44. The summed E-state index contributed by atoms with van der Waals surface area (Å²) in [4.78, 5) is 0. The maximum absolute atomic E-state index is 5.57. The average molecular weight is 256 g/mol. The molecule has 0 unspecified atom stereocenters. The van der Waals surface area contributed by atoms with Gasteiger partial charge in [-0.05, 0) is 41.8 Å². The van der Waals surface area contributed by atoms with Crippen molar-refractivity contribution in [2.24, 2.45) is 5.73 Å². The molecule has 3 heteroatoms. The highest BCUT2D eigenvalue weighted by Gasteiger charge is 1.96. The molecular weight excluding hydrogens is 236 g/mol. The molecule has 19 heavy (non-hydrogen) atoms. The summed E-state index contributed by atoms with van der Waals surface area (Å²) in [7, 11) is 1.68. The Labute approximate surface area is 114 Å². The lowest BCUT2D eigenvalue weighted by molar-refractivity contribution is 0.414. The molecule has 0 amide bonds. The molecule has 0 radical (unpaired) electrons. The van der Waals surface area contributed by atoms with Gasteiger partial charge in [0.25, 0.3) is 0 Å². The van der Waals surface area contributed by atoms with E-state index in [4.69, 9.17) is 10.5 Å². The molecule has 0 aromatic heterocycles. The Morgan fingerprint density at radius 3 is 2.16 bits per heavy atom. The third-order valence-corrected chi connectivity index (χ3v) is 3.09. The molecule has 0 aliphatic heterocycles. The zero-order valence-electron chi connectivity index (χ0n) is 11.2.